The van der Waals surface area contributed by atoms with Gasteiger partial charge in [-0.25, -0.2) is 0 Å². The average molecular weight is 391 g/mol. The van der Waals surface area contributed by atoms with Gasteiger partial charge in [-0.2, -0.15) is 0 Å². The minimum atomic E-state index is -1.73. The monoisotopic (exact) mass is 390 g/mol. The molecule has 0 saturated carbocycles. The molecule has 0 spiro atoms. The Balaban J connectivity index is 5.91. The molecule has 0 radical (unpaired) electrons. The van der Waals surface area contributed by atoms with E-state index in [1.807, 2.05) is 0 Å². The van der Waals surface area contributed by atoms with Gasteiger partial charge in [-0.05, 0) is 41.5 Å². The van der Waals surface area contributed by atoms with Gasteiger partial charge in [0.05, 0.1) is 23.4 Å². The van der Waals surface area contributed by atoms with E-state index >= 15 is 0 Å². The second-order valence-corrected chi connectivity index (χ2v) is 9.00. The summed E-state index contributed by atoms with van der Waals surface area (Å²) in [5.74, 6) is 0. The van der Waals surface area contributed by atoms with Crippen LogP contribution in [-0.4, -0.2) is 77.5 Å². The molecule has 7 nitrogen and oxygen atoms in total. The lowest BCUT2D eigenvalue weighted by atomic mass is 9.85. The Morgan fingerprint density at radius 1 is 0.704 bits per heavy atom. The van der Waals surface area contributed by atoms with E-state index in [0.717, 1.165) is 0 Å². The first-order chi connectivity index (χ1) is 11.9. The number of aliphatic hydroxyl groups excluding tert-OH is 2. The van der Waals surface area contributed by atoms with Gasteiger partial charge in [-0.3, -0.25) is 0 Å². The first kappa shape index (κ1) is 26.2. The van der Waals surface area contributed by atoms with Gasteiger partial charge in [-0.15, -0.1) is 13.2 Å². The van der Waals surface area contributed by atoms with Crippen LogP contribution in [0.3, 0.4) is 0 Å². The van der Waals surface area contributed by atoms with E-state index in [2.05, 4.69) is 13.2 Å². The fraction of sp³-hybridized carbons (Fsp3) is 0.800. The van der Waals surface area contributed by atoms with Crippen LogP contribution in [0.1, 0.15) is 54.4 Å². The van der Waals surface area contributed by atoms with Crippen LogP contribution in [0.5, 0.6) is 0 Å². The molecule has 0 rings (SSSR count). The van der Waals surface area contributed by atoms with E-state index < -0.39 is 46.8 Å². The van der Waals surface area contributed by atoms with Crippen molar-refractivity contribution in [1.82, 2.24) is 0 Å². The molecule has 160 valence electrons. The Hall–Kier alpha value is -0.800. The molecular weight excluding hydrogens is 352 g/mol. The summed E-state index contributed by atoms with van der Waals surface area (Å²) in [4.78, 5) is 0. The SMILES string of the molecule is C=C[C@@](C)(O)[C@H](O[C@@H]([C@@H](O)CC(C)(C)O)[C@](C)(O)C=C)[C@H](O)CC(C)(C)O. The van der Waals surface area contributed by atoms with Gasteiger partial charge in [0.15, 0.2) is 0 Å². The highest BCUT2D eigenvalue weighted by atomic mass is 16.5. The normalized spacial score (nSPS) is 22.1. The van der Waals surface area contributed by atoms with Crippen molar-refractivity contribution in [3.63, 3.8) is 0 Å². The van der Waals surface area contributed by atoms with Crippen LogP contribution in [-0.2, 0) is 4.74 Å². The molecule has 0 fully saturated rings. The summed E-state index contributed by atoms with van der Waals surface area (Å²) < 4.78 is 5.81. The Kier molecular flexibility index (Phi) is 8.86. The second kappa shape index (κ2) is 9.13. The van der Waals surface area contributed by atoms with Gasteiger partial charge in [0.2, 0.25) is 0 Å². The molecule has 0 aromatic rings. The Labute approximate surface area is 162 Å². The van der Waals surface area contributed by atoms with Crippen LogP contribution in [0.15, 0.2) is 25.3 Å². The van der Waals surface area contributed by atoms with Crippen molar-refractivity contribution in [2.75, 3.05) is 0 Å². The van der Waals surface area contributed by atoms with E-state index in [0.29, 0.717) is 0 Å². The van der Waals surface area contributed by atoms with Crippen LogP contribution >= 0.6 is 0 Å². The zero-order valence-corrected chi connectivity index (χ0v) is 17.4. The van der Waals surface area contributed by atoms with E-state index in [9.17, 15) is 30.6 Å². The maximum Gasteiger partial charge on any atom is 0.116 e. The quantitative estimate of drug-likeness (QED) is 0.270. The number of rotatable bonds is 12. The van der Waals surface area contributed by atoms with Crippen LogP contribution in [0.4, 0.5) is 0 Å². The minimum absolute atomic E-state index is 0.133. The summed E-state index contributed by atoms with van der Waals surface area (Å²) in [5.41, 5.74) is -5.95. The molecule has 27 heavy (non-hydrogen) atoms. The van der Waals surface area contributed by atoms with Crippen molar-refractivity contribution in [3.05, 3.63) is 25.3 Å². The highest BCUT2D eigenvalue weighted by Crippen LogP contribution is 2.31. The lowest BCUT2D eigenvalue weighted by Gasteiger charge is -2.43. The Morgan fingerprint density at radius 2 is 0.963 bits per heavy atom. The highest BCUT2D eigenvalue weighted by molar-refractivity contribution is 5.06. The smallest absolute Gasteiger partial charge is 0.116 e. The van der Waals surface area contributed by atoms with Crippen molar-refractivity contribution in [2.24, 2.45) is 0 Å². The van der Waals surface area contributed by atoms with Crippen molar-refractivity contribution in [3.8, 4) is 0 Å². The maximum absolute atomic E-state index is 10.6. The lowest BCUT2D eigenvalue weighted by molar-refractivity contribution is -0.219. The molecule has 6 N–H and O–H groups in total. The van der Waals surface area contributed by atoms with E-state index in [-0.39, 0.29) is 12.8 Å². The lowest BCUT2D eigenvalue weighted by Crippen LogP contribution is -2.57. The van der Waals surface area contributed by atoms with Crippen LogP contribution in [0.2, 0.25) is 0 Å². The van der Waals surface area contributed by atoms with Gasteiger partial charge in [-0.1, -0.05) is 12.2 Å². The second-order valence-electron chi connectivity index (χ2n) is 9.00. The maximum atomic E-state index is 10.6. The third-order valence-electron chi connectivity index (χ3n) is 4.39. The largest absolute Gasteiger partial charge is 0.390 e. The molecule has 0 heterocycles. The molecular formula is C20H38O7. The zero-order valence-electron chi connectivity index (χ0n) is 17.4. The van der Waals surface area contributed by atoms with Gasteiger partial charge >= 0.3 is 0 Å². The summed E-state index contributed by atoms with van der Waals surface area (Å²) in [6.45, 7) is 15.8. The van der Waals surface area contributed by atoms with Crippen LogP contribution < -0.4 is 0 Å². The number of ether oxygens (including phenoxy) is 1. The standard InChI is InChI=1S/C20H38O7/c1-9-19(7,25)15(13(21)11-17(3,4)23)27-16(20(8,26)10-2)14(22)12-18(5,6)24/h9-10,13-16,21-26H,1-2,11-12H2,3-8H3/t13-,14+,15-,16+,19-,20-/m1/s1. The highest BCUT2D eigenvalue weighted by Gasteiger charge is 2.45. The molecule has 0 bridgehead atoms. The van der Waals surface area contributed by atoms with E-state index in [1.165, 1.54) is 53.7 Å². The molecule has 0 amide bonds. The summed E-state index contributed by atoms with van der Waals surface area (Å²) in [7, 11) is 0. The molecule has 0 saturated heterocycles. The van der Waals surface area contributed by atoms with Crippen LogP contribution in [0.25, 0.3) is 0 Å². The fourth-order valence-corrected chi connectivity index (χ4v) is 2.86. The zero-order chi connectivity index (χ0) is 21.8. The molecule has 0 aliphatic carbocycles. The molecule has 0 unspecified atom stereocenters. The summed E-state index contributed by atoms with van der Waals surface area (Å²) in [5, 5.41) is 62.4. The molecule has 0 aliphatic heterocycles. The van der Waals surface area contributed by atoms with Crippen molar-refractivity contribution < 1.29 is 35.4 Å². The summed E-state index contributed by atoms with van der Waals surface area (Å²) in [6, 6.07) is 0. The van der Waals surface area contributed by atoms with Crippen molar-refractivity contribution >= 4 is 0 Å². The van der Waals surface area contributed by atoms with Crippen molar-refractivity contribution in [1.29, 1.82) is 0 Å². The molecule has 0 aromatic carbocycles. The minimum Gasteiger partial charge on any atom is -0.390 e. The topological polar surface area (TPSA) is 131 Å². The molecule has 6 atom stereocenters. The summed E-state index contributed by atoms with van der Waals surface area (Å²) in [6.07, 6.45) is -3.24. The van der Waals surface area contributed by atoms with Gasteiger partial charge in [0.25, 0.3) is 0 Å². The van der Waals surface area contributed by atoms with Gasteiger partial charge in [0, 0.05) is 12.8 Å². The molecule has 7 heteroatoms. The first-order valence-electron chi connectivity index (χ1n) is 9.04. The van der Waals surface area contributed by atoms with E-state index in [4.69, 9.17) is 4.74 Å². The number of hydrogen-bond donors (Lipinski definition) is 6. The molecule has 0 aromatic heterocycles. The van der Waals surface area contributed by atoms with Gasteiger partial charge in [0.1, 0.15) is 23.4 Å². The predicted octanol–water partition coefficient (Wildman–Crippen LogP) is 0.658. The van der Waals surface area contributed by atoms with Crippen LogP contribution in [0, 0.1) is 0 Å². The van der Waals surface area contributed by atoms with Crippen molar-refractivity contribution in [2.45, 2.75) is 101 Å². The third-order valence-corrected chi connectivity index (χ3v) is 4.39. The molecule has 0 aliphatic rings. The average Bonchev–Trinajstić information content (AvgIpc) is 2.43. The Bertz CT molecular complexity index is 442. The fourth-order valence-electron chi connectivity index (χ4n) is 2.86. The Morgan fingerprint density at radius 3 is 1.15 bits per heavy atom. The third kappa shape index (κ3) is 8.83. The predicted molar refractivity (Wildman–Crippen MR) is 104 cm³/mol. The van der Waals surface area contributed by atoms with E-state index in [1.54, 1.807) is 0 Å². The first-order valence-corrected chi connectivity index (χ1v) is 9.04. The number of hydrogen-bond acceptors (Lipinski definition) is 7. The summed E-state index contributed by atoms with van der Waals surface area (Å²) >= 11 is 0. The van der Waals surface area contributed by atoms with Gasteiger partial charge < -0.3 is 35.4 Å². The number of aliphatic hydroxyl groups is 6.